The molecule has 0 aliphatic rings. The molecule has 0 bridgehead atoms. The minimum Gasteiger partial charge on any atom is -0.378 e. The SMILES string of the molecule is Cc1ccc(NCc2n[nH]c(=S)n2Cc2ccccc2)cc1. The highest BCUT2D eigenvalue weighted by Crippen LogP contribution is 2.11. The molecule has 3 rings (SSSR count). The van der Waals surface area contributed by atoms with E-state index >= 15 is 0 Å². The minimum absolute atomic E-state index is 0.628. The third kappa shape index (κ3) is 3.43. The van der Waals surface area contributed by atoms with E-state index in [1.807, 2.05) is 22.8 Å². The summed E-state index contributed by atoms with van der Waals surface area (Å²) in [6.45, 7) is 3.43. The highest BCUT2D eigenvalue weighted by molar-refractivity contribution is 7.71. The fraction of sp³-hybridized carbons (Fsp3) is 0.176. The van der Waals surface area contributed by atoms with E-state index in [2.05, 4.69) is 58.8 Å². The van der Waals surface area contributed by atoms with Gasteiger partial charge in [0.2, 0.25) is 0 Å². The largest absolute Gasteiger partial charge is 0.378 e. The fourth-order valence-corrected chi connectivity index (χ4v) is 2.48. The van der Waals surface area contributed by atoms with Gasteiger partial charge in [-0.05, 0) is 36.8 Å². The highest BCUT2D eigenvalue weighted by Gasteiger charge is 2.06. The van der Waals surface area contributed by atoms with Crippen LogP contribution in [0.25, 0.3) is 0 Å². The number of hydrogen-bond acceptors (Lipinski definition) is 3. The molecule has 0 fully saturated rings. The molecular formula is C17H18N4S. The molecule has 0 unspecified atom stereocenters. The Balaban J connectivity index is 1.74. The van der Waals surface area contributed by atoms with Gasteiger partial charge in [0.05, 0.1) is 13.1 Å². The van der Waals surface area contributed by atoms with Gasteiger partial charge in [-0.15, -0.1) is 0 Å². The highest BCUT2D eigenvalue weighted by atomic mass is 32.1. The number of rotatable bonds is 5. The van der Waals surface area contributed by atoms with E-state index in [4.69, 9.17) is 12.2 Å². The Labute approximate surface area is 134 Å². The lowest BCUT2D eigenvalue weighted by Gasteiger charge is -2.09. The van der Waals surface area contributed by atoms with E-state index in [9.17, 15) is 0 Å². The molecule has 1 heterocycles. The normalized spacial score (nSPS) is 10.6. The Morgan fingerprint density at radius 3 is 2.55 bits per heavy atom. The zero-order valence-electron chi connectivity index (χ0n) is 12.4. The second-order valence-corrected chi connectivity index (χ2v) is 5.62. The summed E-state index contributed by atoms with van der Waals surface area (Å²) in [7, 11) is 0. The summed E-state index contributed by atoms with van der Waals surface area (Å²) in [4.78, 5) is 0. The van der Waals surface area contributed by atoms with Crippen LogP contribution >= 0.6 is 12.2 Å². The van der Waals surface area contributed by atoms with Crippen molar-refractivity contribution in [2.75, 3.05) is 5.32 Å². The van der Waals surface area contributed by atoms with E-state index in [1.165, 1.54) is 11.1 Å². The van der Waals surface area contributed by atoms with Crippen LogP contribution < -0.4 is 5.32 Å². The van der Waals surface area contributed by atoms with Gasteiger partial charge in [-0.3, -0.25) is 9.67 Å². The van der Waals surface area contributed by atoms with Gasteiger partial charge >= 0.3 is 0 Å². The van der Waals surface area contributed by atoms with Gasteiger partial charge in [-0.1, -0.05) is 48.0 Å². The van der Waals surface area contributed by atoms with Crippen molar-refractivity contribution in [3.63, 3.8) is 0 Å². The van der Waals surface area contributed by atoms with Crippen molar-refractivity contribution in [2.45, 2.75) is 20.0 Å². The van der Waals surface area contributed by atoms with Crippen molar-refractivity contribution in [3.05, 3.63) is 76.3 Å². The van der Waals surface area contributed by atoms with Crippen molar-refractivity contribution >= 4 is 17.9 Å². The Bertz CT molecular complexity index is 788. The number of nitrogens with one attached hydrogen (secondary N) is 2. The Kier molecular flexibility index (Phi) is 4.34. The molecule has 0 atom stereocenters. The number of hydrogen-bond donors (Lipinski definition) is 2. The van der Waals surface area contributed by atoms with Gasteiger partial charge in [0, 0.05) is 5.69 Å². The van der Waals surface area contributed by atoms with E-state index in [0.717, 1.165) is 18.1 Å². The van der Waals surface area contributed by atoms with Gasteiger partial charge in [0.25, 0.3) is 0 Å². The van der Waals surface area contributed by atoms with Crippen LogP contribution in [0.2, 0.25) is 0 Å². The maximum Gasteiger partial charge on any atom is 0.195 e. The topological polar surface area (TPSA) is 45.6 Å². The summed E-state index contributed by atoms with van der Waals surface area (Å²) < 4.78 is 2.66. The predicted octanol–water partition coefficient (Wildman–Crippen LogP) is 3.91. The molecule has 3 aromatic rings. The average Bonchev–Trinajstić information content (AvgIpc) is 2.88. The van der Waals surface area contributed by atoms with Crippen molar-refractivity contribution in [2.24, 2.45) is 0 Å². The van der Waals surface area contributed by atoms with Crippen LogP contribution in [0.5, 0.6) is 0 Å². The standard InChI is InChI=1S/C17H18N4S/c1-13-7-9-15(10-8-13)18-11-16-19-20-17(22)21(16)12-14-5-3-2-4-6-14/h2-10,18H,11-12H2,1H3,(H,20,22). The molecule has 2 N–H and O–H groups in total. The summed E-state index contributed by atoms with van der Waals surface area (Å²) in [6.07, 6.45) is 0. The van der Waals surface area contributed by atoms with Gasteiger partial charge in [-0.2, -0.15) is 5.10 Å². The van der Waals surface area contributed by atoms with Crippen LogP contribution in [0.1, 0.15) is 17.0 Å². The van der Waals surface area contributed by atoms with Crippen LogP contribution in [0.3, 0.4) is 0 Å². The lowest BCUT2D eigenvalue weighted by molar-refractivity contribution is 0.727. The van der Waals surface area contributed by atoms with Crippen LogP contribution in [-0.4, -0.2) is 14.8 Å². The fourth-order valence-electron chi connectivity index (χ4n) is 2.27. The zero-order chi connectivity index (χ0) is 15.4. The number of benzene rings is 2. The summed E-state index contributed by atoms with van der Waals surface area (Å²) in [5.41, 5.74) is 3.53. The van der Waals surface area contributed by atoms with E-state index in [0.29, 0.717) is 11.3 Å². The van der Waals surface area contributed by atoms with Crippen LogP contribution in [0.15, 0.2) is 54.6 Å². The van der Waals surface area contributed by atoms with Crippen molar-refractivity contribution in [3.8, 4) is 0 Å². The van der Waals surface area contributed by atoms with Crippen molar-refractivity contribution in [1.29, 1.82) is 0 Å². The first-order valence-corrected chi connectivity index (χ1v) is 7.62. The molecule has 0 amide bonds. The van der Waals surface area contributed by atoms with E-state index < -0.39 is 0 Å². The maximum absolute atomic E-state index is 5.34. The lowest BCUT2D eigenvalue weighted by Crippen LogP contribution is -2.10. The monoisotopic (exact) mass is 310 g/mol. The molecule has 0 radical (unpaired) electrons. The van der Waals surface area contributed by atoms with Crippen LogP contribution in [0.4, 0.5) is 5.69 Å². The average molecular weight is 310 g/mol. The van der Waals surface area contributed by atoms with Gasteiger partial charge < -0.3 is 5.32 Å². The molecule has 112 valence electrons. The zero-order valence-corrected chi connectivity index (χ0v) is 13.2. The molecule has 0 aliphatic carbocycles. The smallest absolute Gasteiger partial charge is 0.195 e. The molecular weight excluding hydrogens is 292 g/mol. The lowest BCUT2D eigenvalue weighted by atomic mass is 10.2. The number of anilines is 1. The van der Waals surface area contributed by atoms with Gasteiger partial charge in [0.15, 0.2) is 10.6 Å². The van der Waals surface area contributed by atoms with Crippen LogP contribution in [-0.2, 0) is 13.1 Å². The summed E-state index contributed by atoms with van der Waals surface area (Å²) in [6, 6.07) is 18.6. The van der Waals surface area contributed by atoms with E-state index in [1.54, 1.807) is 0 Å². The molecule has 22 heavy (non-hydrogen) atoms. The number of aromatic nitrogens is 3. The molecule has 0 saturated heterocycles. The third-order valence-corrected chi connectivity index (χ3v) is 3.83. The first-order valence-electron chi connectivity index (χ1n) is 7.21. The molecule has 5 heteroatoms. The molecule has 2 aromatic carbocycles. The first kappa shape index (κ1) is 14.5. The third-order valence-electron chi connectivity index (χ3n) is 3.52. The predicted molar refractivity (Wildman–Crippen MR) is 91.5 cm³/mol. The second-order valence-electron chi connectivity index (χ2n) is 5.24. The second kappa shape index (κ2) is 6.58. The van der Waals surface area contributed by atoms with Crippen molar-refractivity contribution < 1.29 is 0 Å². The molecule has 1 aromatic heterocycles. The quantitative estimate of drug-likeness (QED) is 0.702. The molecule has 0 saturated carbocycles. The van der Waals surface area contributed by atoms with Crippen LogP contribution in [0, 0.1) is 11.7 Å². The van der Waals surface area contributed by atoms with Gasteiger partial charge in [-0.25, -0.2) is 0 Å². The Morgan fingerprint density at radius 2 is 1.82 bits per heavy atom. The van der Waals surface area contributed by atoms with Crippen molar-refractivity contribution in [1.82, 2.24) is 14.8 Å². The Hall–Kier alpha value is -2.40. The number of H-pyrrole nitrogens is 1. The number of nitrogens with zero attached hydrogens (tertiary/aromatic N) is 2. The van der Waals surface area contributed by atoms with Gasteiger partial charge in [0.1, 0.15) is 0 Å². The Morgan fingerprint density at radius 1 is 1.09 bits per heavy atom. The first-order chi connectivity index (χ1) is 10.7. The number of aryl methyl sites for hydroxylation is 1. The number of aromatic amines is 1. The minimum atomic E-state index is 0.628. The molecule has 4 nitrogen and oxygen atoms in total. The molecule has 0 spiro atoms. The molecule has 0 aliphatic heterocycles. The summed E-state index contributed by atoms with van der Waals surface area (Å²) >= 11 is 5.34. The summed E-state index contributed by atoms with van der Waals surface area (Å²) in [5.74, 6) is 0.898. The van der Waals surface area contributed by atoms with E-state index in [-0.39, 0.29) is 0 Å². The maximum atomic E-state index is 5.34. The summed E-state index contributed by atoms with van der Waals surface area (Å²) in [5, 5.41) is 10.6.